The molecule has 1 aromatic heterocycles. The highest BCUT2D eigenvalue weighted by Crippen LogP contribution is 2.43. The van der Waals surface area contributed by atoms with E-state index >= 15 is 0 Å². The van der Waals surface area contributed by atoms with Crippen molar-refractivity contribution < 1.29 is 39.9 Å². The lowest BCUT2D eigenvalue weighted by Crippen LogP contribution is -2.49. The smallest absolute Gasteiger partial charge is 0.394 e. The summed E-state index contributed by atoms with van der Waals surface area (Å²) < 4.78 is 96.2. The molecule has 0 radical (unpaired) electrons. The number of hydrogen-bond acceptors (Lipinski definition) is 6. The van der Waals surface area contributed by atoms with Gasteiger partial charge in [-0.25, -0.2) is 8.42 Å². The Morgan fingerprint density at radius 2 is 1.93 bits per heavy atom. The number of nitrogens with zero attached hydrogens (tertiary/aromatic N) is 2. The maximum absolute atomic E-state index is 13.4. The summed E-state index contributed by atoms with van der Waals surface area (Å²) in [4.78, 5) is 13.0. The average molecular weight is 696 g/mol. The first-order valence-corrected chi connectivity index (χ1v) is 14.9. The summed E-state index contributed by atoms with van der Waals surface area (Å²) in [5, 5.41) is 9.39. The number of hydrogen-bond donors (Lipinski definition) is 2. The van der Waals surface area contributed by atoms with E-state index in [4.69, 9.17) is 11.6 Å². The van der Waals surface area contributed by atoms with Crippen LogP contribution in [0.2, 0.25) is 5.02 Å². The highest BCUT2D eigenvalue weighted by atomic mass is 79.9. The molecule has 8 nitrogen and oxygen atoms in total. The van der Waals surface area contributed by atoms with E-state index in [9.17, 15) is 35.2 Å². The minimum atomic E-state index is -4.52. The first kappa shape index (κ1) is 35.2. The van der Waals surface area contributed by atoms with E-state index in [1.54, 1.807) is 6.92 Å². The largest absolute Gasteiger partial charge is 0.434 e. The van der Waals surface area contributed by atoms with Gasteiger partial charge in [-0.1, -0.05) is 31.5 Å². The lowest BCUT2D eigenvalue weighted by molar-refractivity contribution is -0.211. The van der Waals surface area contributed by atoms with Crippen LogP contribution in [0, 0.1) is 5.41 Å². The van der Waals surface area contributed by atoms with Crippen molar-refractivity contribution in [3.8, 4) is 17.0 Å². The lowest BCUT2D eigenvalue weighted by Gasteiger charge is -2.28. The second-order valence-corrected chi connectivity index (χ2v) is 13.1. The molecule has 0 saturated carbocycles. The van der Waals surface area contributed by atoms with E-state index in [0.717, 1.165) is 19.9 Å². The van der Waals surface area contributed by atoms with Crippen molar-refractivity contribution in [2.75, 3.05) is 19.3 Å². The number of aromatic nitrogens is 2. The zero-order valence-electron chi connectivity index (χ0n) is 22.8. The molecule has 1 aliphatic rings. The molecule has 2 heterocycles. The van der Waals surface area contributed by atoms with Crippen molar-refractivity contribution in [1.82, 2.24) is 20.4 Å². The minimum absolute atomic E-state index is 0. The van der Waals surface area contributed by atoms with Crippen molar-refractivity contribution in [2.45, 2.75) is 70.7 Å². The summed E-state index contributed by atoms with van der Waals surface area (Å²) in [6.07, 6.45) is -2.86. The van der Waals surface area contributed by atoms with Gasteiger partial charge >= 0.3 is 12.8 Å². The van der Waals surface area contributed by atoms with Crippen LogP contribution >= 0.6 is 28.6 Å². The second-order valence-electron chi connectivity index (χ2n) is 10.4. The standard InChI is InChI=1S/C25H32ClF5N4O4S.BrH/c1-5-35-21(17-9-6-14(10-18(17)39-23(27)28)11-24(2,3)25(29,30)31)19(26)20(34-35)22(36)33-12-15-7-8-16(13-32-15)40(4,37)38;/h6,9-10,15-16,23,32H,5,7-8,11-13H2,1-4H3,(H,33,36);1H/t15-,16+;/m1./s1. The van der Waals surface area contributed by atoms with Crippen LogP contribution in [0.25, 0.3) is 11.3 Å². The van der Waals surface area contributed by atoms with Crippen LogP contribution in [0.1, 0.15) is 49.7 Å². The summed E-state index contributed by atoms with van der Waals surface area (Å²) >= 11 is 6.52. The zero-order valence-corrected chi connectivity index (χ0v) is 26.1. The van der Waals surface area contributed by atoms with E-state index in [0.29, 0.717) is 12.8 Å². The van der Waals surface area contributed by atoms with Crippen LogP contribution < -0.4 is 15.4 Å². The van der Waals surface area contributed by atoms with E-state index in [1.165, 1.54) is 23.1 Å². The van der Waals surface area contributed by atoms with Gasteiger partial charge in [-0.15, -0.1) is 17.0 Å². The van der Waals surface area contributed by atoms with Gasteiger partial charge in [0.2, 0.25) is 0 Å². The molecule has 1 fully saturated rings. The Morgan fingerprint density at radius 3 is 2.44 bits per heavy atom. The molecule has 0 bridgehead atoms. The highest BCUT2D eigenvalue weighted by Gasteiger charge is 2.47. The number of piperidine rings is 1. The number of carbonyl (C=O) groups is 1. The lowest BCUT2D eigenvalue weighted by atomic mass is 9.84. The molecule has 1 aliphatic heterocycles. The van der Waals surface area contributed by atoms with Crippen LogP contribution in [0.5, 0.6) is 5.75 Å². The van der Waals surface area contributed by atoms with Gasteiger partial charge in [-0.05, 0) is 43.9 Å². The molecule has 2 N–H and O–H groups in total. The molecule has 1 amide bonds. The molecule has 0 aliphatic carbocycles. The van der Waals surface area contributed by atoms with Gasteiger partial charge in [0.15, 0.2) is 15.5 Å². The third-order valence-corrected chi connectivity index (χ3v) is 8.90. The van der Waals surface area contributed by atoms with Crippen LogP contribution in [-0.4, -0.2) is 67.5 Å². The first-order valence-electron chi connectivity index (χ1n) is 12.6. The van der Waals surface area contributed by atoms with E-state index < -0.39 is 51.4 Å². The predicted octanol–water partition coefficient (Wildman–Crippen LogP) is 5.43. The van der Waals surface area contributed by atoms with Crippen molar-refractivity contribution in [3.63, 3.8) is 0 Å². The average Bonchev–Trinajstić information content (AvgIpc) is 3.17. The van der Waals surface area contributed by atoms with Gasteiger partial charge in [0.05, 0.1) is 21.4 Å². The maximum atomic E-state index is 13.4. The summed E-state index contributed by atoms with van der Waals surface area (Å²) in [5.41, 5.74) is -2.04. The summed E-state index contributed by atoms with van der Waals surface area (Å²) in [6.45, 7) is 1.06. The summed E-state index contributed by atoms with van der Waals surface area (Å²) in [6, 6.07) is 3.62. The van der Waals surface area contributed by atoms with E-state index in [2.05, 4.69) is 20.5 Å². The Bertz CT molecular complexity index is 1330. The van der Waals surface area contributed by atoms with Gasteiger partial charge in [0, 0.05) is 37.5 Å². The highest BCUT2D eigenvalue weighted by molar-refractivity contribution is 8.93. The second kappa shape index (κ2) is 13.6. The quantitative estimate of drug-likeness (QED) is 0.322. The van der Waals surface area contributed by atoms with Crippen LogP contribution in [0.3, 0.4) is 0 Å². The fourth-order valence-electron chi connectivity index (χ4n) is 4.48. The minimum Gasteiger partial charge on any atom is -0.434 e. The van der Waals surface area contributed by atoms with E-state index in [1.807, 2.05) is 0 Å². The molecule has 0 unspecified atom stereocenters. The number of halogens is 7. The molecule has 1 aromatic carbocycles. The monoisotopic (exact) mass is 694 g/mol. The number of amides is 1. The predicted molar refractivity (Wildman–Crippen MR) is 151 cm³/mol. The first-order chi connectivity index (χ1) is 18.4. The number of sulfone groups is 1. The molecule has 0 spiro atoms. The molecule has 2 atom stereocenters. The molecule has 232 valence electrons. The van der Waals surface area contributed by atoms with Gasteiger partial charge < -0.3 is 15.4 Å². The third kappa shape index (κ3) is 8.54. The van der Waals surface area contributed by atoms with E-state index in [-0.39, 0.29) is 70.2 Å². The van der Waals surface area contributed by atoms with Gasteiger partial charge in [-0.3, -0.25) is 9.48 Å². The van der Waals surface area contributed by atoms with Crippen molar-refractivity contribution >= 4 is 44.3 Å². The normalized spacial score (nSPS) is 18.2. The number of ether oxygens (including phenoxy) is 1. The van der Waals surface area contributed by atoms with Gasteiger partial charge in [-0.2, -0.15) is 27.1 Å². The molecule has 3 rings (SSSR count). The Balaban J connectivity index is 0.00000588. The number of aryl methyl sites for hydroxylation is 1. The van der Waals surface area contributed by atoms with Gasteiger partial charge in [0.1, 0.15) is 5.75 Å². The number of rotatable bonds is 10. The molecular weight excluding hydrogens is 663 g/mol. The van der Waals surface area contributed by atoms with Crippen molar-refractivity contribution in [3.05, 3.63) is 34.5 Å². The van der Waals surface area contributed by atoms with Crippen molar-refractivity contribution in [2.24, 2.45) is 5.41 Å². The molecule has 16 heteroatoms. The fraction of sp³-hybridized carbons (Fsp3) is 0.600. The Morgan fingerprint density at radius 1 is 1.27 bits per heavy atom. The number of nitrogens with one attached hydrogen (secondary N) is 2. The van der Waals surface area contributed by atoms with Crippen LogP contribution in [0.15, 0.2) is 18.2 Å². The molecule has 41 heavy (non-hydrogen) atoms. The maximum Gasteiger partial charge on any atom is 0.394 e. The number of carbonyl (C=O) groups excluding carboxylic acids is 1. The topological polar surface area (TPSA) is 102 Å². The summed E-state index contributed by atoms with van der Waals surface area (Å²) in [5.74, 6) is -1.04. The van der Waals surface area contributed by atoms with Crippen molar-refractivity contribution in [1.29, 1.82) is 0 Å². The molecular formula is C25H33BrClF5N4O4S. The zero-order chi connectivity index (χ0) is 30.0. The number of alkyl halides is 5. The summed E-state index contributed by atoms with van der Waals surface area (Å²) in [7, 11) is -3.18. The Hall–Kier alpha value is -1.97. The van der Waals surface area contributed by atoms with Crippen LogP contribution in [0.4, 0.5) is 22.0 Å². The SMILES string of the molecule is Br.CCn1nc(C(=O)NC[C@H]2CC[C@H](S(C)(=O)=O)CN2)c(Cl)c1-c1ccc(CC(C)(C)C(F)(F)F)cc1OC(F)F. The Labute approximate surface area is 251 Å². The molecule has 1 saturated heterocycles. The fourth-order valence-corrected chi connectivity index (χ4v) is 5.76. The molecule has 2 aromatic rings. The number of benzene rings is 1. The van der Waals surface area contributed by atoms with Gasteiger partial charge in [0.25, 0.3) is 5.91 Å². The Kier molecular flexibility index (Phi) is 11.6. The third-order valence-electron chi connectivity index (χ3n) is 6.93. The van der Waals surface area contributed by atoms with Crippen LogP contribution in [-0.2, 0) is 22.8 Å².